The van der Waals surface area contributed by atoms with Crippen molar-refractivity contribution < 1.29 is 14.3 Å². The van der Waals surface area contributed by atoms with Gasteiger partial charge < -0.3 is 19.4 Å². The number of morpholine rings is 1. The molecule has 120 valence electrons. The summed E-state index contributed by atoms with van der Waals surface area (Å²) in [5.74, 6) is 1.02. The summed E-state index contributed by atoms with van der Waals surface area (Å²) in [5, 5.41) is 0. The number of ether oxygens (including phenoxy) is 2. The van der Waals surface area contributed by atoms with Crippen molar-refractivity contribution in [1.82, 2.24) is 14.9 Å². The van der Waals surface area contributed by atoms with E-state index < -0.39 is 0 Å². The predicted octanol–water partition coefficient (Wildman–Crippen LogP) is 2.21. The standard InChI is InChI=1S/C17H19N3O3/c1-12-9-20(10-13-3-5-15(22-2)6-4-13)17(21)16(23-12)7-14-8-18-11-19-14/h3-8,11-12H,9-10H2,1-2H3,(H,18,19)/t12-/m1/s1. The summed E-state index contributed by atoms with van der Waals surface area (Å²) in [4.78, 5) is 21.3. The Hall–Kier alpha value is -2.76. The molecule has 1 atom stereocenters. The number of hydrogen-bond donors (Lipinski definition) is 1. The summed E-state index contributed by atoms with van der Waals surface area (Å²) >= 11 is 0. The first kappa shape index (κ1) is 15.1. The second kappa shape index (κ2) is 6.56. The molecule has 1 N–H and O–H groups in total. The van der Waals surface area contributed by atoms with E-state index in [1.54, 1.807) is 30.6 Å². The van der Waals surface area contributed by atoms with Gasteiger partial charge in [-0.05, 0) is 24.6 Å². The quantitative estimate of drug-likeness (QED) is 0.879. The fraction of sp³-hybridized carbons (Fsp3) is 0.294. The Bertz CT molecular complexity index is 692. The van der Waals surface area contributed by atoms with Crippen LogP contribution in [0.3, 0.4) is 0 Å². The molecule has 2 heterocycles. The van der Waals surface area contributed by atoms with Crippen molar-refractivity contribution in [2.45, 2.75) is 19.6 Å². The van der Waals surface area contributed by atoms with Crippen molar-refractivity contribution in [1.29, 1.82) is 0 Å². The molecule has 1 aromatic carbocycles. The molecule has 0 bridgehead atoms. The topological polar surface area (TPSA) is 67.5 Å². The van der Waals surface area contributed by atoms with E-state index in [0.29, 0.717) is 18.8 Å². The van der Waals surface area contributed by atoms with E-state index in [9.17, 15) is 4.79 Å². The smallest absolute Gasteiger partial charge is 0.289 e. The fourth-order valence-electron chi connectivity index (χ4n) is 2.52. The van der Waals surface area contributed by atoms with Gasteiger partial charge in [-0.15, -0.1) is 0 Å². The summed E-state index contributed by atoms with van der Waals surface area (Å²) in [6, 6.07) is 7.71. The number of carbonyl (C=O) groups excluding carboxylic acids is 1. The molecule has 1 aliphatic rings. The molecular formula is C17H19N3O3. The molecule has 0 spiro atoms. The lowest BCUT2D eigenvalue weighted by atomic mass is 10.1. The minimum Gasteiger partial charge on any atom is -0.497 e. The van der Waals surface area contributed by atoms with Crippen LogP contribution in [0.2, 0.25) is 0 Å². The molecule has 2 aromatic rings. The van der Waals surface area contributed by atoms with Crippen LogP contribution >= 0.6 is 0 Å². The minimum absolute atomic E-state index is 0.0554. The summed E-state index contributed by atoms with van der Waals surface area (Å²) in [6.45, 7) is 3.05. The maximum Gasteiger partial charge on any atom is 0.289 e. The highest BCUT2D eigenvalue weighted by molar-refractivity contribution is 5.96. The van der Waals surface area contributed by atoms with E-state index in [-0.39, 0.29) is 12.0 Å². The molecule has 3 rings (SSSR count). The van der Waals surface area contributed by atoms with Crippen molar-refractivity contribution in [3.05, 3.63) is 53.8 Å². The Morgan fingerprint density at radius 3 is 2.87 bits per heavy atom. The third kappa shape index (κ3) is 3.53. The van der Waals surface area contributed by atoms with Gasteiger partial charge in [0.25, 0.3) is 5.91 Å². The lowest BCUT2D eigenvalue weighted by molar-refractivity contribution is -0.139. The second-order valence-corrected chi connectivity index (χ2v) is 5.48. The number of H-pyrrole nitrogens is 1. The Morgan fingerprint density at radius 1 is 1.43 bits per heavy atom. The van der Waals surface area contributed by atoms with Crippen LogP contribution < -0.4 is 4.74 Å². The van der Waals surface area contributed by atoms with Crippen LogP contribution in [0.4, 0.5) is 0 Å². The van der Waals surface area contributed by atoms with Gasteiger partial charge >= 0.3 is 0 Å². The minimum atomic E-state index is -0.117. The molecule has 0 saturated carbocycles. The average Bonchev–Trinajstić information content (AvgIpc) is 3.05. The van der Waals surface area contributed by atoms with Gasteiger partial charge in [0, 0.05) is 12.6 Å². The molecule has 1 fully saturated rings. The fourth-order valence-corrected chi connectivity index (χ4v) is 2.52. The van der Waals surface area contributed by atoms with Crippen LogP contribution in [0, 0.1) is 0 Å². The van der Waals surface area contributed by atoms with E-state index in [1.165, 1.54) is 0 Å². The first-order chi connectivity index (χ1) is 11.2. The molecule has 1 aromatic heterocycles. The summed E-state index contributed by atoms with van der Waals surface area (Å²) < 4.78 is 10.8. The zero-order valence-electron chi connectivity index (χ0n) is 13.2. The lowest BCUT2D eigenvalue weighted by Crippen LogP contribution is -2.43. The van der Waals surface area contributed by atoms with E-state index in [4.69, 9.17) is 9.47 Å². The lowest BCUT2D eigenvalue weighted by Gasteiger charge is -2.33. The Kier molecular flexibility index (Phi) is 4.32. The molecule has 0 radical (unpaired) electrons. The molecule has 23 heavy (non-hydrogen) atoms. The van der Waals surface area contributed by atoms with Gasteiger partial charge in [0.2, 0.25) is 0 Å². The van der Waals surface area contributed by atoms with Crippen LogP contribution in [0.5, 0.6) is 5.75 Å². The van der Waals surface area contributed by atoms with Gasteiger partial charge in [-0.1, -0.05) is 12.1 Å². The summed E-state index contributed by atoms with van der Waals surface area (Å²) in [6.07, 6.45) is 4.85. The second-order valence-electron chi connectivity index (χ2n) is 5.48. The third-order valence-electron chi connectivity index (χ3n) is 3.64. The third-order valence-corrected chi connectivity index (χ3v) is 3.64. The van der Waals surface area contributed by atoms with Crippen molar-refractivity contribution in [3.63, 3.8) is 0 Å². The van der Waals surface area contributed by atoms with Crippen LogP contribution in [-0.4, -0.2) is 40.5 Å². The highest BCUT2D eigenvalue weighted by Crippen LogP contribution is 2.21. The van der Waals surface area contributed by atoms with Gasteiger partial charge in [0.1, 0.15) is 11.9 Å². The highest BCUT2D eigenvalue weighted by Gasteiger charge is 2.29. The van der Waals surface area contributed by atoms with E-state index >= 15 is 0 Å². The number of benzene rings is 1. The van der Waals surface area contributed by atoms with Gasteiger partial charge in [0.05, 0.1) is 31.9 Å². The van der Waals surface area contributed by atoms with Crippen molar-refractivity contribution in [3.8, 4) is 5.75 Å². The molecule has 1 aliphatic heterocycles. The first-order valence-corrected chi connectivity index (χ1v) is 7.44. The maximum absolute atomic E-state index is 12.6. The summed E-state index contributed by atoms with van der Waals surface area (Å²) in [5.41, 5.74) is 1.79. The van der Waals surface area contributed by atoms with Gasteiger partial charge in [-0.2, -0.15) is 0 Å². The first-order valence-electron chi connectivity index (χ1n) is 7.44. The zero-order valence-corrected chi connectivity index (χ0v) is 13.2. The maximum atomic E-state index is 12.6. The number of carbonyl (C=O) groups is 1. The van der Waals surface area contributed by atoms with Crippen LogP contribution in [0.15, 0.2) is 42.5 Å². The molecule has 1 amide bonds. The molecule has 0 unspecified atom stereocenters. The predicted molar refractivity (Wildman–Crippen MR) is 85.5 cm³/mol. The number of imidazole rings is 1. The number of aromatic nitrogens is 2. The highest BCUT2D eigenvalue weighted by atomic mass is 16.5. The zero-order chi connectivity index (χ0) is 16.2. The summed E-state index contributed by atoms with van der Waals surface area (Å²) in [7, 11) is 1.63. The number of hydrogen-bond acceptors (Lipinski definition) is 4. The average molecular weight is 313 g/mol. The Balaban J connectivity index is 1.76. The van der Waals surface area contributed by atoms with Crippen LogP contribution in [0.1, 0.15) is 18.2 Å². The van der Waals surface area contributed by atoms with E-state index in [1.807, 2.05) is 31.2 Å². The number of aromatic amines is 1. The Morgan fingerprint density at radius 2 is 2.22 bits per heavy atom. The van der Waals surface area contributed by atoms with Gasteiger partial charge in [-0.25, -0.2) is 4.98 Å². The molecule has 1 saturated heterocycles. The number of rotatable bonds is 4. The van der Waals surface area contributed by atoms with Crippen LogP contribution in [0.25, 0.3) is 6.08 Å². The monoisotopic (exact) mass is 313 g/mol. The number of nitrogens with one attached hydrogen (secondary N) is 1. The van der Waals surface area contributed by atoms with Gasteiger partial charge in [0.15, 0.2) is 5.76 Å². The molecule has 6 nitrogen and oxygen atoms in total. The Labute approximate surface area is 134 Å². The normalized spacial score (nSPS) is 19.7. The van der Waals surface area contributed by atoms with Crippen molar-refractivity contribution in [2.75, 3.05) is 13.7 Å². The number of amides is 1. The number of nitrogens with zero attached hydrogens (tertiary/aromatic N) is 2. The van der Waals surface area contributed by atoms with E-state index in [2.05, 4.69) is 9.97 Å². The molecule has 6 heteroatoms. The van der Waals surface area contributed by atoms with Crippen molar-refractivity contribution in [2.24, 2.45) is 0 Å². The molecule has 0 aliphatic carbocycles. The van der Waals surface area contributed by atoms with Gasteiger partial charge in [-0.3, -0.25) is 4.79 Å². The SMILES string of the molecule is COc1ccc(CN2C[C@@H](C)OC(=Cc3cnc[nH]3)C2=O)cc1. The van der Waals surface area contributed by atoms with Crippen molar-refractivity contribution >= 4 is 12.0 Å². The van der Waals surface area contributed by atoms with Crippen LogP contribution in [-0.2, 0) is 16.1 Å². The number of methoxy groups -OCH3 is 1. The van der Waals surface area contributed by atoms with E-state index in [0.717, 1.165) is 17.0 Å². The molecular weight excluding hydrogens is 294 g/mol. The largest absolute Gasteiger partial charge is 0.497 e.